The molecule has 0 amide bonds. The Morgan fingerprint density at radius 2 is 1.82 bits per heavy atom. The molecule has 1 atom stereocenters. The van der Waals surface area contributed by atoms with Crippen LogP contribution in [-0.2, 0) is 6.54 Å². The highest BCUT2D eigenvalue weighted by Gasteiger charge is 2.03. The summed E-state index contributed by atoms with van der Waals surface area (Å²) < 4.78 is 0. The molecule has 0 saturated heterocycles. The first kappa shape index (κ1) is 14.0. The molecule has 0 spiro atoms. The third-order valence-corrected chi connectivity index (χ3v) is 2.86. The number of phenols is 1. The zero-order valence-electron chi connectivity index (χ0n) is 11.0. The Kier molecular flexibility index (Phi) is 5.45. The topological polar surface area (TPSA) is 52.5 Å². The van der Waals surface area contributed by atoms with Crippen LogP contribution in [0.25, 0.3) is 0 Å². The number of aliphatic hydroxyl groups is 1. The SMILES string of the molecule is Cc1cc(CNCCCC(C)O)cc(C)c1O. The van der Waals surface area contributed by atoms with Crippen molar-refractivity contribution in [1.29, 1.82) is 0 Å². The van der Waals surface area contributed by atoms with Crippen molar-refractivity contribution < 1.29 is 10.2 Å². The van der Waals surface area contributed by atoms with E-state index in [1.54, 1.807) is 0 Å². The lowest BCUT2D eigenvalue weighted by Crippen LogP contribution is -2.16. The summed E-state index contributed by atoms with van der Waals surface area (Å²) in [6, 6.07) is 4.01. The van der Waals surface area contributed by atoms with Crippen LogP contribution in [0.5, 0.6) is 5.75 Å². The number of rotatable bonds is 6. The van der Waals surface area contributed by atoms with E-state index in [2.05, 4.69) is 5.32 Å². The second kappa shape index (κ2) is 6.62. The average molecular weight is 237 g/mol. The van der Waals surface area contributed by atoms with Gasteiger partial charge in [-0.05, 0) is 56.8 Å². The van der Waals surface area contributed by atoms with Gasteiger partial charge in [-0.2, -0.15) is 0 Å². The Balaban J connectivity index is 2.37. The fourth-order valence-corrected chi connectivity index (χ4v) is 1.90. The number of nitrogens with one attached hydrogen (secondary N) is 1. The molecule has 0 fully saturated rings. The maximum atomic E-state index is 9.65. The minimum Gasteiger partial charge on any atom is -0.507 e. The zero-order valence-corrected chi connectivity index (χ0v) is 11.0. The molecule has 3 nitrogen and oxygen atoms in total. The fourth-order valence-electron chi connectivity index (χ4n) is 1.90. The Morgan fingerprint density at radius 3 is 2.35 bits per heavy atom. The number of aliphatic hydroxyl groups excluding tert-OH is 1. The average Bonchev–Trinajstić information content (AvgIpc) is 2.25. The van der Waals surface area contributed by atoms with Gasteiger partial charge in [-0.15, -0.1) is 0 Å². The van der Waals surface area contributed by atoms with E-state index in [0.29, 0.717) is 5.75 Å². The van der Waals surface area contributed by atoms with Crippen LogP contribution in [0, 0.1) is 13.8 Å². The van der Waals surface area contributed by atoms with Crippen molar-refractivity contribution in [3.63, 3.8) is 0 Å². The van der Waals surface area contributed by atoms with Gasteiger partial charge in [-0.1, -0.05) is 12.1 Å². The molecule has 1 unspecified atom stereocenters. The Morgan fingerprint density at radius 1 is 1.24 bits per heavy atom. The third-order valence-electron chi connectivity index (χ3n) is 2.86. The van der Waals surface area contributed by atoms with Crippen molar-refractivity contribution in [2.75, 3.05) is 6.54 Å². The van der Waals surface area contributed by atoms with Crippen LogP contribution >= 0.6 is 0 Å². The molecule has 96 valence electrons. The van der Waals surface area contributed by atoms with Crippen molar-refractivity contribution >= 4 is 0 Å². The largest absolute Gasteiger partial charge is 0.507 e. The molecule has 1 aromatic carbocycles. The highest BCUT2D eigenvalue weighted by atomic mass is 16.3. The summed E-state index contributed by atoms with van der Waals surface area (Å²) in [5.41, 5.74) is 3.03. The molecular formula is C14H23NO2. The predicted molar refractivity (Wildman–Crippen MR) is 70.2 cm³/mol. The standard InChI is InChI=1S/C14H23NO2/c1-10-7-13(8-11(2)14(10)17)9-15-6-4-5-12(3)16/h7-8,12,15-17H,4-6,9H2,1-3H3. The molecule has 17 heavy (non-hydrogen) atoms. The van der Waals surface area contributed by atoms with Crippen LogP contribution in [0.15, 0.2) is 12.1 Å². The molecule has 0 aliphatic rings. The van der Waals surface area contributed by atoms with E-state index in [0.717, 1.165) is 37.1 Å². The van der Waals surface area contributed by atoms with Gasteiger partial charge in [0.25, 0.3) is 0 Å². The summed E-state index contributed by atoms with van der Waals surface area (Å²) >= 11 is 0. The van der Waals surface area contributed by atoms with Crippen molar-refractivity contribution in [3.05, 3.63) is 28.8 Å². The van der Waals surface area contributed by atoms with E-state index >= 15 is 0 Å². The van der Waals surface area contributed by atoms with E-state index < -0.39 is 0 Å². The normalized spacial score (nSPS) is 12.7. The maximum absolute atomic E-state index is 9.65. The van der Waals surface area contributed by atoms with E-state index in [1.165, 1.54) is 5.56 Å². The molecular weight excluding hydrogens is 214 g/mol. The van der Waals surface area contributed by atoms with Gasteiger partial charge in [0.2, 0.25) is 0 Å². The van der Waals surface area contributed by atoms with Gasteiger partial charge >= 0.3 is 0 Å². The second-order valence-corrected chi connectivity index (χ2v) is 4.75. The van der Waals surface area contributed by atoms with Crippen molar-refractivity contribution in [2.45, 2.75) is 46.3 Å². The fraction of sp³-hybridized carbons (Fsp3) is 0.571. The molecule has 0 radical (unpaired) electrons. The number of hydrogen-bond donors (Lipinski definition) is 3. The van der Waals surface area contributed by atoms with Crippen LogP contribution in [0.3, 0.4) is 0 Å². The second-order valence-electron chi connectivity index (χ2n) is 4.75. The lowest BCUT2D eigenvalue weighted by molar-refractivity contribution is 0.181. The van der Waals surface area contributed by atoms with Crippen LogP contribution in [0.1, 0.15) is 36.5 Å². The monoisotopic (exact) mass is 237 g/mol. The molecule has 3 N–H and O–H groups in total. The molecule has 1 aromatic rings. The first-order valence-corrected chi connectivity index (χ1v) is 6.18. The van der Waals surface area contributed by atoms with Crippen LogP contribution < -0.4 is 5.32 Å². The summed E-state index contributed by atoms with van der Waals surface area (Å²) in [5, 5.41) is 22.1. The molecule has 0 aromatic heterocycles. The first-order chi connectivity index (χ1) is 8.00. The lowest BCUT2D eigenvalue weighted by atomic mass is 10.1. The number of aromatic hydroxyl groups is 1. The summed E-state index contributed by atoms with van der Waals surface area (Å²) in [7, 11) is 0. The highest BCUT2D eigenvalue weighted by molar-refractivity contribution is 5.42. The minimum atomic E-state index is -0.213. The molecule has 0 bridgehead atoms. The quantitative estimate of drug-likeness (QED) is 0.665. The molecule has 0 aliphatic carbocycles. The molecule has 0 saturated carbocycles. The Hall–Kier alpha value is -1.06. The maximum Gasteiger partial charge on any atom is 0.121 e. The van der Waals surface area contributed by atoms with E-state index in [-0.39, 0.29) is 6.10 Å². The molecule has 1 rings (SSSR count). The summed E-state index contributed by atoms with van der Waals surface area (Å²) in [6.07, 6.45) is 1.60. The minimum absolute atomic E-state index is 0.213. The van der Waals surface area contributed by atoms with E-state index in [9.17, 15) is 5.11 Å². The van der Waals surface area contributed by atoms with Crippen LogP contribution in [0.4, 0.5) is 0 Å². The van der Waals surface area contributed by atoms with Crippen molar-refractivity contribution in [3.8, 4) is 5.75 Å². The van der Waals surface area contributed by atoms with Gasteiger partial charge in [0, 0.05) is 6.54 Å². The van der Waals surface area contributed by atoms with Crippen molar-refractivity contribution in [1.82, 2.24) is 5.32 Å². The predicted octanol–water partition coefficient (Wildman–Crippen LogP) is 2.26. The van der Waals surface area contributed by atoms with Crippen LogP contribution in [0.2, 0.25) is 0 Å². The van der Waals surface area contributed by atoms with Gasteiger partial charge in [-0.3, -0.25) is 0 Å². The van der Waals surface area contributed by atoms with Crippen molar-refractivity contribution in [2.24, 2.45) is 0 Å². The van der Waals surface area contributed by atoms with Gasteiger partial charge in [-0.25, -0.2) is 0 Å². The molecule has 3 heteroatoms. The molecule has 0 heterocycles. The van der Waals surface area contributed by atoms with Gasteiger partial charge < -0.3 is 15.5 Å². The number of benzene rings is 1. The van der Waals surface area contributed by atoms with Gasteiger partial charge in [0.05, 0.1) is 6.10 Å². The summed E-state index contributed by atoms with van der Waals surface area (Å²) in [6.45, 7) is 7.36. The zero-order chi connectivity index (χ0) is 12.8. The number of phenolic OH excluding ortho intramolecular Hbond substituents is 1. The summed E-state index contributed by atoms with van der Waals surface area (Å²) in [5.74, 6) is 0.392. The van der Waals surface area contributed by atoms with E-state index in [1.807, 2.05) is 32.9 Å². The molecule has 0 aliphatic heterocycles. The lowest BCUT2D eigenvalue weighted by Gasteiger charge is -2.09. The van der Waals surface area contributed by atoms with Gasteiger partial charge in [0.1, 0.15) is 5.75 Å². The number of aryl methyl sites for hydroxylation is 2. The Bertz CT molecular complexity index is 338. The Labute approximate surface area is 103 Å². The third kappa shape index (κ3) is 4.75. The summed E-state index contributed by atoms with van der Waals surface area (Å²) in [4.78, 5) is 0. The van der Waals surface area contributed by atoms with Gasteiger partial charge in [0.15, 0.2) is 0 Å². The van der Waals surface area contributed by atoms with Crippen LogP contribution in [-0.4, -0.2) is 22.9 Å². The first-order valence-electron chi connectivity index (χ1n) is 6.18. The number of hydrogen-bond acceptors (Lipinski definition) is 3. The smallest absolute Gasteiger partial charge is 0.121 e. The van der Waals surface area contributed by atoms with E-state index in [4.69, 9.17) is 5.11 Å². The highest BCUT2D eigenvalue weighted by Crippen LogP contribution is 2.22.